The second-order valence-corrected chi connectivity index (χ2v) is 13.5. The summed E-state index contributed by atoms with van der Waals surface area (Å²) in [6.45, 7) is 0. The first-order valence-electron chi connectivity index (χ1n) is 9.46. The summed E-state index contributed by atoms with van der Waals surface area (Å²) in [5.41, 5.74) is 5.95. The van der Waals surface area contributed by atoms with Gasteiger partial charge in [-0.1, -0.05) is 0 Å². The summed E-state index contributed by atoms with van der Waals surface area (Å²) < 4.78 is 6.41. The number of benzene rings is 5. The summed E-state index contributed by atoms with van der Waals surface area (Å²) in [5.74, 6) is 0. The van der Waals surface area contributed by atoms with E-state index >= 15 is 0 Å². The molecule has 0 radical (unpaired) electrons. The second-order valence-electron chi connectivity index (χ2n) is 7.30. The van der Waals surface area contributed by atoms with Gasteiger partial charge < -0.3 is 0 Å². The van der Waals surface area contributed by atoms with E-state index in [-0.39, 0.29) is 41.8 Å². The van der Waals surface area contributed by atoms with Crippen LogP contribution in [0.1, 0.15) is 0 Å². The fourth-order valence-electron chi connectivity index (χ4n) is 4.74. The molecule has 7 rings (SSSR count). The van der Waals surface area contributed by atoms with E-state index in [1.54, 1.807) is 25.2 Å². The second kappa shape index (κ2) is 5.86. The number of hydrogen-bond acceptors (Lipinski definition) is 0. The fraction of sp³-hybridized carbons (Fsp3) is 0. The van der Waals surface area contributed by atoms with Crippen LogP contribution in [0.3, 0.4) is 0 Å². The third-order valence-electron chi connectivity index (χ3n) is 5.85. The van der Waals surface area contributed by atoms with Gasteiger partial charge in [-0.3, -0.25) is 0 Å². The van der Waals surface area contributed by atoms with Crippen molar-refractivity contribution in [2.75, 3.05) is 0 Å². The van der Waals surface area contributed by atoms with Gasteiger partial charge in [0.05, 0.1) is 0 Å². The molecule has 2 aliphatic rings. The van der Waals surface area contributed by atoms with Gasteiger partial charge in [-0.15, -0.1) is 0 Å². The molecule has 130 valence electrons. The molecule has 2 aliphatic heterocycles. The van der Waals surface area contributed by atoms with Crippen LogP contribution in [0.4, 0.5) is 0 Å². The zero-order chi connectivity index (χ0) is 18.2. The van der Waals surface area contributed by atoms with Gasteiger partial charge >= 0.3 is 185 Å². The average molecular weight is 582 g/mol. The number of hydrogen-bond donors (Lipinski definition) is 0. The van der Waals surface area contributed by atoms with Crippen molar-refractivity contribution in [2.24, 2.45) is 0 Å². The molecule has 28 heavy (non-hydrogen) atoms. The van der Waals surface area contributed by atoms with Crippen LogP contribution >= 0.6 is 0 Å². The molecule has 0 N–H and O–H groups in total. The minimum absolute atomic E-state index is 0.346. The summed E-state index contributed by atoms with van der Waals surface area (Å²) in [5, 5.41) is 5.99. The van der Waals surface area contributed by atoms with Crippen molar-refractivity contribution in [3.05, 3.63) is 84.9 Å². The Balaban J connectivity index is 1.81. The van der Waals surface area contributed by atoms with Crippen LogP contribution in [0.15, 0.2) is 84.9 Å². The predicted molar refractivity (Wildman–Crippen MR) is 122 cm³/mol. The van der Waals surface area contributed by atoms with Crippen LogP contribution in [0.25, 0.3) is 43.8 Å². The Morgan fingerprint density at radius 1 is 0.393 bits per heavy atom. The Labute approximate surface area is 183 Å². The zero-order valence-corrected chi connectivity index (χ0v) is 19.6. The number of fused-ring (bicyclic) bond motifs is 7. The molecule has 0 fully saturated rings. The van der Waals surface area contributed by atoms with E-state index in [2.05, 4.69) is 84.9 Å². The van der Waals surface area contributed by atoms with Crippen LogP contribution in [-0.4, -0.2) is 41.8 Å². The first-order valence-corrected chi connectivity index (χ1v) is 14.1. The average Bonchev–Trinajstić information content (AvgIpc) is 2.76. The zero-order valence-electron chi connectivity index (χ0n) is 14.9. The Morgan fingerprint density at radius 2 is 0.821 bits per heavy atom. The quantitative estimate of drug-likeness (QED) is 0.191. The molecular weight excluding hydrogens is 567 g/mol. The van der Waals surface area contributed by atoms with Crippen LogP contribution in [-0.2, 0) is 0 Å². The molecule has 0 atom stereocenters. The van der Waals surface area contributed by atoms with Gasteiger partial charge in [-0.2, -0.15) is 0 Å². The third kappa shape index (κ3) is 2.02. The topological polar surface area (TPSA) is 0 Å². The van der Waals surface area contributed by atoms with Crippen molar-refractivity contribution in [3.8, 4) is 22.3 Å². The molecule has 0 nitrogen and oxygen atoms in total. The predicted octanol–water partition coefficient (Wildman–Crippen LogP) is 3.26. The molecule has 0 spiro atoms. The van der Waals surface area contributed by atoms with Crippen molar-refractivity contribution < 1.29 is 0 Å². The van der Waals surface area contributed by atoms with Crippen LogP contribution in [0, 0.1) is 0 Å². The van der Waals surface area contributed by atoms with Gasteiger partial charge in [0.15, 0.2) is 0 Å². The maximum absolute atomic E-state index is 2.47. The first-order chi connectivity index (χ1) is 13.9. The van der Waals surface area contributed by atoms with E-state index in [0.717, 1.165) is 0 Å². The molecule has 2 heteroatoms. The van der Waals surface area contributed by atoms with Crippen molar-refractivity contribution in [1.29, 1.82) is 0 Å². The van der Waals surface area contributed by atoms with Gasteiger partial charge in [0.2, 0.25) is 0 Å². The summed E-state index contributed by atoms with van der Waals surface area (Å²) >= 11 is -0.692. The molecule has 0 saturated carbocycles. The normalized spacial score (nSPS) is 13.4. The van der Waals surface area contributed by atoms with Crippen molar-refractivity contribution in [3.63, 3.8) is 0 Å². The molecule has 0 aliphatic carbocycles. The Morgan fingerprint density at radius 3 is 1.32 bits per heavy atom. The summed E-state index contributed by atoms with van der Waals surface area (Å²) in [6.07, 6.45) is 0. The van der Waals surface area contributed by atoms with Crippen molar-refractivity contribution in [1.82, 2.24) is 0 Å². The van der Waals surface area contributed by atoms with E-state index in [0.29, 0.717) is 0 Å². The molecule has 5 aromatic carbocycles. The number of rotatable bonds is 0. The van der Waals surface area contributed by atoms with Crippen LogP contribution in [0.2, 0.25) is 0 Å². The van der Waals surface area contributed by atoms with E-state index in [9.17, 15) is 0 Å². The van der Waals surface area contributed by atoms with E-state index in [1.807, 2.05) is 0 Å². The Bertz CT molecular complexity index is 1350. The van der Waals surface area contributed by atoms with Gasteiger partial charge in [0.25, 0.3) is 0 Å². The van der Waals surface area contributed by atoms with Crippen LogP contribution < -0.4 is 14.4 Å². The summed E-state index contributed by atoms with van der Waals surface area (Å²) in [6, 6.07) is 32.3. The van der Waals surface area contributed by atoms with Crippen molar-refractivity contribution >= 4 is 77.8 Å². The van der Waals surface area contributed by atoms with E-state index in [4.69, 9.17) is 0 Å². The van der Waals surface area contributed by atoms with Gasteiger partial charge in [0, 0.05) is 0 Å². The Hall–Kier alpha value is -1.80. The molecule has 0 bridgehead atoms. The standard InChI is InChI=1S/C26H14Te2/c1-2-8-16-15(7-1)23-17-9-3-5-11-19(17)27-21-13-14-22-26(25(21)23)24(16)18-10-4-6-12-20(18)28-22/h1-14H. The van der Waals surface area contributed by atoms with Gasteiger partial charge in [-0.05, 0) is 0 Å². The van der Waals surface area contributed by atoms with E-state index < -0.39 is 0 Å². The minimum atomic E-state index is -0.346. The van der Waals surface area contributed by atoms with Crippen molar-refractivity contribution in [2.45, 2.75) is 0 Å². The molecular formula is C26H14Te2. The van der Waals surface area contributed by atoms with Gasteiger partial charge in [0.1, 0.15) is 0 Å². The summed E-state index contributed by atoms with van der Waals surface area (Å²) in [7, 11) is 0. The van der Waals surface area contributed by atoms with Crippen LogP contribution in [0.5, 0.6) is 0 Å². The Kier molecular flexibility index (Phi) is 3.36. The maximum atomic E-state index is 2.47. The monoisotopic (exact) mass is 586 g/mol. The summed E-state index contributed by atoms with van der Waals surface area (Å²) in [4.78, 5) is 0. The third-order valence-corrected chi connectivity index (χ3v) is 12.3. The molecule has 2 heterocycles. The van der Waals surface area contributed by atoms with Gasteiger partial charge in [-0.25, -0.2) is 0 Å². The molecule has 0 aromatic heterocycles. The first kappa shape index (κ1) is 16.0. The molecule has 0 unspecified atom stereocenters. The molecule has 0 amide bonds. The van der Waals surface area contributed by atoms with E-state index in [1.165, 1.54) is 33.0 Å². The fourth-order valence-corrected chi connectivity index (χ4v) is 11.1. The SMILES string of the molecule is c1ccc2c(c1)[Te]c1ccc3c4c(c5ccccc5c-2c14)-c1ccccc1[Te]3. The molecule has 0 saturated heterocycles. The molecule has 5 aromatic rings.